The van der Waals surface area contributed by atoms with E-state index in [9.17, 15) is 32.3 Å². The minimum absolute atomic E-state index is 0.351. The number of hydrogen-bond acceptors (Lipinski definition) is 7. The van der Waals surface area contributed by atoms with Crippen molar-refractivity contribution in [1.82, 2.24) is 4.57 Å². The van der Waals surface area contributed by atoms with Crippen molar-refractivity contribution >= 4 is 57.9 Å². The summed E-state index contributed by atoms with van der Waals surface area (Å²) in [5.74, 6) is -3.13. The lowest BCUT2D eigenvalue weighted by Crippen LogP contribution is -2.33. The third-order valence-electron chi connectivity index (χ3n) is 8.25. The summed E-state index contributed by atoms with van der Waals surface area (Å²) in [6.45, 7) is 5.12. The van der Waals surface area contributed by atoms with E-state index in [4.69, 9.17) is 0 Å². The van der Waals surface area contributed by atoms with Gasteiger partial charge in [-0.2, -0.15) is 13.2 Å². The number of rotatable bonds is 8. The van der Waals surface area contributed by atoms with Crippen LogP contribution in [0.3, 0.4) is 0 Å². The lowest BCUT2D eigenvalue weighted by molar-refractivity contribution is -0.137. The molecule has 8 nitrogen and oxygen atoms in total. The Morgan fingerprint density at radius 2 is 1.54 bits per heavy atom. The Balaban J connectivity index is 1.40. The molecule has 0 radical (unpaired) electrons. The molecule has 0 bridgehead atoms. The van der Waals surface area contributed by atoms with Gasteiger partial charge in [-0.25, -0.2) is 4.90 Å². The summed E-state index contributed by atoms with van der Waals surface area (Å²) in [6, 6.07) is 20.9. The highest BCUT2D eigenvalue weighted by atomic mass is 32.2. The van der Waals surface area contributed by atoms with Gasteiger partial charge >= 0.3 is 11.0 Å². The van der Waals surface area contributed by atoms with Gasteiger partial charge in [0.2, 0.25) is 17.7 Å². The molecule has 6 rings (SSSR count). The van der Waals surface area contributed by atoms with Crippen LogP contribution in [0.2, 0.25) is 0 Å². The van der Waals surface area contributed by atoms with Crippen LogP contribution in [-0.4, -0.2) is 40.6 Å². The zero-order chi connectivity index (χ0) is 32.7. The Kier molecular flexibility index (Phi) is 8.55. The molecule has 1 fully saturated rings. The van der Waals surface area contributed by atoms with E-state index in [1.165, 1.54) is 21.6 Å². The van der Waals surface area contributed by atoms with Gasteiger partial charge in [0.15, 0.2) is 0 Å². The highest BCUT2D eigenvalue weighted by Gasteiger charge is 2.56. The predicted molar refractivity (Wildman–Crippen MR) is 173 cm³/mol. The van der Waals surface area contributed by atoms with Gasteiger partial charge in [0.25, 0.3) is 0 Å². The number of thioether (sulfide) groups is 1. The number of amides is 3. The van der Waals surface area contributed by atoms with Gasteiger partial charge in [0.05, 0.1) is 27.9 Å². The Labute approximate surface area is 270 Å². The fraction of sp³-hybridized carbons (Fsp3) is 0.273. The van der Waals surface area contributed by atoms with Gasteiger partial charge in [0.1, 0.15) is 11.8 Å². The quantitative estimate of drug-likeness (QED) is 0.225. The van der Waals surface area contributed by atoms with Crippen LogP contribution in [0.5, 0.6) is 0 Å². The number of carbonyl (C=O) groups is 3. The van der Waals surface area contributed by atoms with Crippen molar-refractivity contribution in [3.05, 3.63) is 105 Å². The number of fused-ring (bicyclic) bond motifs is 2. The maximum absolute atomic E-state index is 14.0. The summed E-state index contributed by atoms with van der Waals surface area (Å²) in [5, 5.41) is 1.76. The maximum atomic E-state index is 14.0. The zero-order valence-electron chi connectivity index (χ0n) is 24.8. The number of benzene rings is 3. The van der Waals surface area contributed by atoms with E-state index in [0.29, 0.717) is 15.6 Å². The summed E-state index contributed by atoms with van der Waals surface area (Å²) >= 11 is 1.93. The van der Waals surface area contributed by atoms with Crippen molar-refractivity contribution in [2.24, 2.45) is 5.92 Å². The van der Waals surface area contributed by atoms with Crippen LogP contribution in [0.25, 0.3) is 0 Å². The van der Waals surface area contributed by atoms with E-state index in [1.54, 1.807) is 30.3 Å². The van der Waals surface area contributed by atoms with E-state index in [0.717, 1.165) is 59.6 Å². The largest absolute Gasteiger partial charge is 0.418 e. The molecule has 0 saturated carbocycles. The number of thiazole rings is 1. The van der Waals surface area contributed by atoms with Crippen LogP contribution in [0, 0.1) is 5.92 Å². The summed E-state index contributed by atoms with van der Waals surface area (Å²) in [6.07, 6.45) is -4.69. The predicted octanol–water partition coefficient (Wildman–Crippen LogP) is 6.21. The summed E-state index contributed by atoms with van der Waals surface area (Å²) in [7, 11) is 0. The third-order valence-corrected chi connectivity index (χ3v) is 10.9. The van der Waals surface area contributed by atoms with E-state index in [2.05, 4.69) is 10.2 Å². The van der Waals surface area contributed by atoms with Crippen molar-refractivity contribution in [3.63, 3.8) is 0 Å². The number of nitrogens with zero attached hydrogens (tertiary/aromatic N) is 3. The molecule has 238 valence electrons. The molecule has 1 saturated heterocycles. The number of anilines is 3. The first kappa shape index (κ1) is 31.6. The average molecular weight is 667 g/mol. The molecule has 3 heterocycles. The van der Waals surface area contributed by atoms with E-state index < -0.39 is 57.7 Å². The second-order valence-electron chi connectivity index (χ2n) is 10.9. The molecule has 2 aliphatic heterocycles. The van der Waals surface area contributed by atoms with Crippen molar-refractivity contribution in [3.8, 4) is 0 Å². The van der Waals surface area contributed by atoms with Crippen LogP contribution in [0.1, 0.15) is 35.8 Å². The molecule has 3 atom stereocenters. The Morgan fingerprint density at radius 1 is 0.891 bits per heavy atom. The zero-order valence-corrected chi connectivity index (χ0v) is 26.4. The van der Waals surface area contributed by atoms with Gasteiger partial charge < -0.3 is 10.2 Å². The molecular formula is C33H29F3N4O4S2. The monoisotopic (exact) mass is 666 g/mol. The molecule has 2 unspecified atom stereocenters. The molecule has 0 spiro atoms. The fourth-order valence-electron chi connectivity index (χ4n) is 6.10. The summed E-state index contributed by atoms with van der Waals surface area (Å²) in [4.78, 5) is 57.8. The van der Waals surface area contributed by atoms with Crippen LogP contribution < -0.4 is 20.0 Å². The van der Waals surface area contributed by atoms with Gasteiger partial charge in [-0.15, -0.1) is 0 Å². The lowest BCUT2D eigenvalue weighted by atomic mass is 9.83. The first-order valence-corrected chi connectivity index (χ1v) is 16.4. The first-order chi connectivity index (χ1) is 22.0. The highest BCUT2D eigenvalue weighted by Crippen LogP contribution is 2.54. The fourth-order valence-corrected chi connectivity index (χ4v) is 8.87. The minimum Gasteiger partial charge on any atom is -0.372 e. The normalized spacial score (nSPS) is 19.2. The van der Waals surface area contributed by atoms with Crippen molar-refractivity contribution in [2.75, 3.05) is 28.2 Å². The number of hydrogen-bond donors (Lipinski definition) is 1. The Hall–Kier alpha value is -4.36. The van der Waals surface area contributed by atoms with Gasteiger partial charge in [0, 0.05) is 29.6 Å². The first-order valence-electron chi connectivity index (χ1n) is 14.7. The summed E-state index contributed by atoms with van der Waals surface area (Å²) in [5.41, 5.74) is 0.722. The third kappa shape index (κ3) is 5.62. The van der Waals surface area contributed by atoms with Crippen molar-refractivity contribution < 1.29 is 27.6 Å². The Bertz CT molecular complexity index is 1850. The SMILES string of the molecule is CCN(CC)c1ccc([C@H]2c3sc(=O)n(CC(=O)Nc4ccccc4C(F)(F)F)c3SC3C(=O)N(c4ccccc4)C(=O)C32)cc1. The number of alkyl halides is 3. The number of para-hydroxylation sites is 2. The minimum atomic E-state index is -4.69. The molecule has 1 N–H and O–H groups in total. The van der Waals surface area contributed by atoms with E-state index >= 15 is 0 Å². The number of imide groups is 1. The molecule has 46 heavy (non-hydrogen) atoms. The number of carbonyl (C=O) groups excluding carboxylic acids is 3. The number of halogens is 3. The lowest BCUT2D eigenvalue weighted by Gasteiger charge is -2.31. The topological polar surface area (TPSA) is 91.7 Å². The standard InChI is InChI=1S/C33H29F3N4O4S2/c1-3-38(4-2)20-16-14-19(15-17-20)25-26-27(30(43)40(29(26)42)21-10-6-5-7-11-21)45-31-28(25)46-32(44)39(31)18-24(41)37-23-13-9-8-12-22(23)33(34,35)36/h5-17,25-27H,3-4,18H2,1-2H3,(H,37,41)/t25-,26?,27?/m1/s1. The molecule has 13 heteroatoms. The van der Waals surface area contributed by atoms with Gasteiger partial charge in [-0.1, -0.05) is 65.6 Å². The molecule has 2 aliphatic rings. The number of nitrogens with one attached hydrogen (secondary N) is 1. The molecule has 1 aromatic heterocycles. The van der Waals surface area contributed by atoms with Crippen LogP contribution >= 0.6 is 23.1 Å². The van der Waals surface area contributed by atoms with E-state index in [1.807, 2.05) is 38.1 Å². The smallest absolute Gasteiger partial charge is 0.372 e. The highest BCUT2D eigenvalue weighted by molar-refractivity contribution is 8.00. The van der Waals surface area contributed by atoms with Crippen LogP contribution in [0.4, 0.5) is 30.2 Å². The van der Waals surface area contributed by atoms with Gasteiger partial charge in [-0.3, -0.25) is 23.7 Å². The molecule has 4 aromatic rings. The second-order valence-corrected chi connectivity index (χ2v) is 13.0. The van der Waals surface area contributed by atoms with Crippen LogP contribution in [-0.2, 0) is 27.1 Å². The van der Waals surface area contributed by atoms with Crippen molar-refractivity contribution in [1.29, 1.82) is 0 Å². The summed E-state index contributed by atoms with van der Waals surface area (Å²) < 4.78 is 41.8. The maximum Gasteiger partial charge on any atom is 0.418 e. The van der Waals surface area contributed by atoms with Crippen molar-refractivity contribution in [2.45, 2.75) is 42.8 Å². The molecular weight excluding hydrogens is 638 g/mol. The van der Waals surface area contributed by atoms with Crippen LogP contribution in [0.15, 0.2) is 88.7 Å². The second kappa shape index (κ2) is 12.4. The van der Waals surface area contributed by atoms with Gasteiger partial charge in [-0.05, 0) is 55.8 Å². The van der Waals surface area contributed by atoms with E-state index in [-0.39, 0.29) is 5.91 Å². The Morgan fingerprint density at radius 3 is 2.20 bits per heavy atom. The molecule has 3 aromatic carbocycles. The molecule has 3 amide bonds. The average Bonchev–Trinajstić information content (AvgIpc) is 3.48. The number of aromatic nitrogens is 1. The molecule has 0 aliphatic carbocycles.